The van der Waals surface area contributed by atoms with Crippen molar-refractivity contribution in [2.75, 3.05) is 13.7 Å². The molecule has 3 aromatic rings. The molecule has 3 heterocycles. The summed E-state index contributed by atoms with van der Waals surface area (Å²) in [7, 11) is 1.71. The molecule has 1 saturated heterocycles. The van der Waals surface area contributed by atoms with Crippen LogP contribution in [0.3, 0.4) is 0 Å². The number of aryl methyl sites for hydroxylation is 1. The summed E-state index contributed by atoms with van der Waals surface area (Å²) < 4.78 is 11.5. The molecule has 4 rings (SSSR count). The van der Waals surface area contributed by atoms with Crippen molar-refractivity contribution in [2.45, 2.75) is 32.4 Å². The summed E-state index contributed by atoms with van der Waals surface area (Å²) in [6.45, 7) is 3.78. The Kier molecular flexibility index (Phi) is 4.50. The lowest BCUT2D eigenvalue weighted by atomic mass is 10.1. The number of ether oxygens (including phenoxy) is 1. The number of rotatable bonds is 5. The number of para-hydroxylation sites is 1. The second kappa shape index (κ2) is 6.93. The van der Waals surface area contributed by atoms with E-state index in [-0.39, 0.29) is 6.04 Å². The van der Waals surface area contributed by atoms with E-state index in [2.05, 4.69) is 26.1 Å². The number of hydrogen-bond donors (Lipinski definition) is 0. The summed E-state index contributed by atoms with van der Waals surface area (Å²) in [4.78, 5) is 7.59. The maximum Gasteiger partial charge on any atom is 0.259 e. The molecule has 0 saturated carbocycles. The Morgan fingerprint density at radius 2 is 2.20 bits per heavy atom. The lowest BCUT2D eigenvalue weighted by molar-refractivity contribution is 0.213. The van der Waals surface area contributed by atoms with Crippen LogP contribution in [-0.2, 0) is 6.54 Å². The highest BCUT2D eigenvalue weighted by atomic mass is 32.1. The van der Waals surface area contributed by atoms with Gasteiger partial charge in [-0.3, -0.25) is 4.90 Å². The van der Waals surface area contributed by atoms with Gasteiger partial charge in [-0.1, -0.05) is 18.2 Å². The van der Waals surface area contributed by atoms with Gasteiger partial charge in [-0.25, -0.2) is 4.98 Å². The number of aromatic nitrogens is 3. The van der Waals surface area contributed by atoms with Crippen LogP contribution in [0.1, 0.15) is 36.0 Å². The van der Waals surface area contributed by atoms with Crippen LogP contribution in [-0.4, -0.2) is 33.7 Å². The highest BCUT2D eigenvalue weighted by Crippen LogP contribution is 2.35. The van der Waals surface area contributed by atoms with Gasteiger partial charge in [-0.05, 0) is 32.4 Å². The van der Waals surface area contributed by atoms with Crippen LogP contribution < -0.4 is 4.74 Å². The number of methoxy groups -OCH3 is 1. The summed E-state index contributed by atoms with van der Waals surface area (Å²) in [6, 6.07) is 8.29. The summed E-state index contributed by atoms with van der Waals surface area (Å²) in [5.74, 6) is 2.17. The molecule has 25 heavy (non-hydrogen) atoms. The van der Waals surface area contributed by atoms with E-state index in [1.165, 1.54) is 16.9 Å². The van der Waals surface area contributed by atoms with Crippen LogP contribution in [0.15, 0.2) is 34.2 Å². The summed E-state index contributed by atoms with van der Waals surface area (Å²) in [5, 5.41) is 8.56. The van der Waals surface area contributed by atoms with Crippen molar-refractivity contribution in [1.82, 2.24) is 20.1 Å². The van der Waals surface area contributed by atoms with E-state index >= 15 is 0 Å². The maximum atomic E-state index is 5.99. The molecular formula is C18H20N4O2S. The Labute approximate surface area is 150 Å². The number of benzene rings is 1. The molecule has 2 aromatic heterocycles. The average molecular weight is 356 g/mol. The van der Waals surface area contributed by atoms with Gasteiger partial charge < -0.3 is 9.15 Å². The second-order valence-electron chi connectivity index (χ2n) is 6.15. The first-order valence-corrected chi connectivity index (χ1v) is 9.24. The standard InChI is InChI=1S/C18H20N4O2S/c1-12-16(25-11-19-12)18-21-20-17(24-18)14-7-5-9-22(14)10-13-6-3-4-8-15(13)23-2/h3-4,6,8,11,14H,5,7,9-10H2,1-2H3/t14-/m1/s1. The molecule has 0 aliphatic carbocycles. The van der Waals surface area contributed by atoms with Crippen LogP contribution in [0.4, 0.5) is 0 Å². The van der Waals surface area contributed by atoms with E-state index in [9.17, 15) is 0 Å². The van der Waals surface area contributed by atoms with Crippen molar-refractivity contribution in [3.8, 4) is 16.5 Å². The van der Waals surface area contributed by atoms with E-state index < -0.39 is 0 Å². The predicted octanol–water partition coefficient (Wildman–Crippen LogP) is 3.85. The van der Waals surface area contributed by atoms with Crippen molar-refractivity contribution < 1.29 is 9.15 Å². The van der Waals surface area contributed by atoms with Crippen LogP contribution in [0.25, 0.3) is 10.8 Å². The van der Waals surface area contributed by atoms with Gasteiger partial charge in [0.1, 0.15) is 10.6 Å². The molecule has 0 bridgehead atoms. The van der Waals surface area contributed by atoms with Gasteiger partial charge in [0.2, 0.25) is 5.89 Å². The third-order valence-corrected chi connectivity index (χ3v) is 5.51. The molecule has 1 fully saturated rings. The molecule has 0 amide bonds. The number of hydrogen-bond acceptors (Lipinski definition) is 7. The van der Waals surface area contributed by atoms with Gasteiger partial charge in [0.15, 0.2) is 0 Å². The Morgan fingerprint density at radius 1 is 1.32 bits per heavy atom. The molecule has 0 unspecified atom stereocenters. The zero-order valence-electron chi connectivity index (χ0n) is 14.3. The molecule has 0 radical (unpaired) electrons. The van der Waals surface area contributed by atoms with Crippen molar-refractivity contribution in [1.29, 1.82) is 0 Å². The van der Waals surface area contributed by atoms with Gasteiger partial charge in [0.25, 0.3) is 5.89 Å². The molecule has 0 N–H and O–H groups in total. The van der Waals surface area contributed by atoms with Gasteiger partial charge >= 0.3 is 0 Å². The van der Waals surface area contributed by atoms with Crippen LogP contribution in [0.5, 0.6) is 5.75 Å². The number of thiazole rings is 1. The van der Waals surface area contributed by atoms with Gasteiger partial charge in [0, 0.05) is 12.1 Å². The largest absolute Gasteiger partial charge is 0.496 e. The topological polar surface area (TPSA) is 64.3 Å². The summed E-state index contributed by atoms with van der Waals surface area (Å²) in [5.41, 5.74) is 3.91. The smallest absolute Gasteiger partial charge is 0.259 e. The highest BCUT2D eigenvalue weighted by Gasteiger charge is 2.31. The Balaban J connectivity index is 1.56. The predicted molar refractivity (Wildman–Crippen MR) is 95.5 cm³/mol. The molecular weight excluding hydrogens is 336 g/mol. The first-order chi connectivity index (χ1) is 12.3. The number of likely N-dealkylation sites (tertiary alicyclic amines) is 1. The normalized spacial score (nSPS) is 17.9. The second-order valence-corrected chi connectivity index (χ2v) is 7.01. The Morgan fingerprint density at radius 3 is 3.00 bits per heavy atom. The molecule has 1 aromatic carbocycles. The molecule has 130 valence electrons. The minimum Gasteiger partial charge on any atom is -0.496 e. The minimum atomic E-state index is 0.152. The average Bonchev–Trinajstić information content (AvgIpc) is 3.35. The minimum absolute atomic E-state index is 0.152. The molecule has 1 atom stereocenters. The summed E-state index contributed by atoms with van der Waals surface area (Å²) in [6.07, 6.45) is 2.15. The third-order valence-electron chi connectivity index (χ3n) is 4.60. The Bertz CT molecular complexity index is 860. The van der Waals surface area contributed by atoms with Crippen molar-refractivity contribution in [2.24, 2.45) is 0 Å². The third kappa shape index (κ3) is 3.17. The van der Waals surface area contributed by atoms with Crippen LogP contribution >= 0.6 is 11.3 Å². The molecule has 0 spiro atoms. The number of nitrogens with zero attached hydrogens (tertiary/aromatic N) is 4. The fourth-order valence-electron chi connectivity index (χ4n) is 3.32. The lowest BCUT2D eigenvalue weighted by Crippen LogP contribution is -2.23. The maximum absolute atomic E-state index is 5.99. The molecule has 7 heteroatoms. The van der Waals surface area contributed by atoms with E-state index in [0.717, 1.165) is 42.3 Å². The zero-order valence-corrected chi connectivity index (χ0v) is 15.1. The first kappa shape index (κ1) is 16.2. The fourth-order valence-corrected chi connectivity index (χ4v) is 4.04. The van der Waals surface area contributed by atoms with E-state index in [1.807, 2.05) is 25.1 Å². The molecule has 1 aliphatic rings. The fraction of sp³-hybridized carbons (Fsp3) is 0.389. The van der Waals surface area contributed by atoms with Crippen molar-refractivity contribution in [3.63, 3.8) is 0 Å². The molecule has 6 nitrogen and oxygen atoms in total. The zero-order chi connectivity index (χ0) is 17.2. The SMILES string of the molecule is COc1ccccc1CN1CCC[C@@H]1c1nnc(-c2scnc2C)o1. The van der Waals surface area contributed by atoms with Gasteiger partial charge in [-0.2, -0.15) is 0 Å². The molecule has 1 aliphatic heterocycles. The van der Waals surface area contributed by atoms with Gasteiger partial charge in [0.05, 0.1) is 24.4 Å². The van der Waals surface area contributed by atoms with Crippen molar-refractivity contribution in [3.05, 3.63) is 46.9 Å². The monoisotopic (exact) mass is 356 g/mol. The van der Waals surface area contributed by atoms with E-state index in [0.29, 0.717) is 11.8 Å². The van der Waals surface area contributed by atoms with Crippen molar-refractivity contribution >= 4 is 11.3 Å². The lowest BCUT2D eigenvalue weighted by Gasteiger charge is -2.22. The van der Waals surface area contributed by atoms with E-state index in [4.69, 9.17) is 9.15 Å². The van der Waals surface area contributed by atoms with E-state index in [1.54, 1.807) is 12.6 Å². The van der Waals surface area contributed by atoms with Gasteiger partial charge in [-0.15, -0.1) is 21.5 Å². The van der Waals surface area contributed by atoms with Crippen LogP contribution in [0, 0.1) is 6.92 Å². The Hall–Kier alpha value is -2.25. The quantitative estimate of drug-likeness (QED) is 0.692. The first-order valence-electron chi connectivity index (χ1n) is 8.36. The summed E-state index contributed by atoms with van der Waals surface area (Å²) >= 11 is 1.53. The highest BCUT2D eigenvalue weighted by molar-refractivity contribution is 7.13. The van der Waals surface area contributed by atoms with Crippen LogP contribution in [0.2, 0.25) is 0 Å².